The van der Waals surface area contributed by atoms with Gasteiger partial charge in [-0.15, -0.1) is 0 Å². The summed E-state index contributed by atoms with van der Waals surface area (Å²) in [7, 11) is 1.46. The van der Waals surface area contributed by atoms with E-state index in [1.54, 1.807) is 0 Å². The Morgan fingerprint density at radius 1 is 1.26 bits per heavy atom. The second-order valence-electron chi connectivity index (χ2n) is 5.13. The smallest absolute Gasteiger partial charge is 0.310 e. The molecule has 0 saturated carbocycles. The van der Waals surface area contributed by atoms with Crippen molar-refractivity contribution in [2.24, 2.45) is 5.92 Å². The van der Waals surface area contributed by atoms with Gasteiger partial charge in [-0.2, -0.15) is 0 Å². The molecule has 0 spiro atoms. The van der Waals surface area contributed by atoms with Gasteiger partial charge in [0.05, 0.1) is 13.0 Å². The van der Waals surface area contributed by atoms with Crippen molar-refractivity contribution in [2.75, 3.05) is 7.11 Å². The van der Waals surface area contributed by atoms with Crippen LogP contribution in [0, 0.1) is 5.92 Å². The lowest BCUT2D eigenvalue weighted by atomic mass is 9.89. The van der Waals surface area contributed by atoms with E-state index in [2.05, 4.69) is 38.2 Å². The summed E-state index contributed by atoms with van der Waals surface area (Å²) >= 11 is 0. The fourth-order valence-electron chi connectivity index (χ4n) is 2.35. The molecule has 2 atom stereocenters. The highest BCUT2D eigenvalue weighted by atomic mass is 16.5. The normalized spacial score (nSPS) is 14.2. The van der Waals surface area contributed by atoms with Gasteiger partial charge in [-0.1, -0.05) is 57.5 Å². The molecular weight excluding hydrogens is 238 g/mol. The summed E-state index contributed by atoms with van der Waals surface area (Å²) in [5, 5.41) is 3.50. The highest BCUT2D eigenvalue weighted by Gasteiger charge is 2.29. The maximum Gasteiger partial charge on any atom is 0.310 e. The predicted octanol–water partition coefficient (Wildman–Crippen LogP) is 3.32. The molecule has 0 fully saturated rings. The fraction of sp³-hybridized carbons (Fsp3) is 0.562. The van der Waals surface area contributed by atoms with Crippen LogP contribution >= 0.6 is 0 Å². The first-order chi connectivity index (χ1) is 9.10. The first-order valence-electron chi connectivity index (χ1n) is 6.99. The molecule has 1 aromatic rings. The molecule has 106 valence electrons. The molecule has 0 bridgehead atoms. The van der Waals surface area contributed by atoms with Crippen molar-refractivity contribution in [3.05, 3.63) is 35.9 Å². The molecule has 3 nitrogen and oxygen atoms in total. The van der Waals surface area contributed by atoms with Crippen molar-refractivity contribution in [1.82, 2.24) is 5.32 Å². The molecule has 0 unspecified atom stereocenters. The summed E-state index contributed by atoms with van der Waals surface area (Å²) in [4.78, 5) is 12.0. The maximum atomic E-state index is 12.0. The molecule has 1 N–H and O–H groups in total. The van der Waals surface area contributed by atoms with Gasteiger partial charge in [0.25, 0.3) is 0 Å². The van der Waals surface area contributed by atoms with Crippen LogP contribution in [0.25, 0.3) is 0 Å². The number of esters is 1. The van der Waals surface area contributed by atoms with E-state index in [9.17, 15) is 4.79 Å². The molecule has 0 aliphatic carbocycles. The third-order valence-corrected chi connectivity index (χ3v) is 3.18. The molecule has 1 rings (SSSR count). The van der Waals surface area contributed by atoms with E-state index in [-0.39, 0.29) is 17.9 Å². The molecule has 3 heteroatoms. The van der Waals surface area contributed by atoms with Crippen LogP contribution in [-0.4, -0.2) is 19.1 Å². The minimum absolute atomic E-state index is 0.00796. The van der Waals surface area contributed by atoms with Gasteiger partial charge in [0, 0.05) is 12.1 Å². The van der Waals surface area contributed by atoms with Gasteiger partial charge >= 0.3 is 5.97 Å². The zero-order valence-electron chi connectivity index (χ0n) is 12.3. The topological polar surface area (TPSA) is 38.3 Å². The minimum atomic E-state index is -0.139. The second-order valence-corrected chi connectivity index (χ2v) is 5.13. The largest absolute Gasteiger partial charge is 0.469 e. The van der Waals surface area contributed by atoms with Gasteiger partial charge in [-0.3, -0.25) is 4.79 Å². The van der Waals surface area contributed by atoms with Crippen molar-refractivity contribution in [3.8, 4) is 0 Å². The molecule has 0 aliphatic heterocycles. The number of rotatable bonds is 7. The first-order valence-corrected chi connectivity index (χ1v) is 6.99. The zero-order chi connectivity index (χ0) is 14.3. The van der Waals surface area contributed by atoms with E-state index in [0.29, 0.717) is 6.04 Å². The third-order valence-electron chi connectivity index (χ3n) is 3.18. The molecule has 0 amide bonds. The molecular formula is C16H25NO2. The number of hydrogen-bond acceptors (Lipinski definition) is 3. The quantitative estimate of drug-likeness (QED) is 0.767. The number of ether oxygens (including phenoxy) is 1. The maximum absolute atomic E-state index is 12.0. The van der Waals surface area contributed by atoms with Gasteiger partial charge in [0.15, 0.2) is 0 Å². The van der Waals surface area contributed by atoms with Crippen molar-refractivity contribution in [3.63, 3.8) is 0 Å². The first kappa shape index (κ1) is 15.7. The summed E-state index contributed by atoms with van der Waals surface area (Å²) < 4.78 is 4.97. The number of carbonyl (C=O) groups is 1. The number of methoxy groups -OCH3 is 1. The van der Waals surface area contributed by atoms with E-state index in [1.165, 1.54) is 7.11 Å². The van der Waals surface area contributed by atoms with E-state index in [1.807, 2.05) is 18.2 Å². The Hall–Kier alpha value is -1.35. The fourth-order valence-corrected chi connectivity index (χ4v) is 2.35. The van der Waals surface area contributed by atoms with Gasteiger partial charge in [0.1, 0.15) is 0 Å². The van der Waals surface area contributed by atoms with Crippen molar-refractivity contribution in [2.45, 2.75) is 45.7 Å². The predicted molar refractivity (Wildman–Crippen MR) is 77.9 cm³/mol. The monoisotopic (exact) mass is 263 g/mol. The Bertz CT molecular complexity index is 376. The molecule has 0 radical (unpaired) electrons. The van der Waals surface area contributed by atoms with Crippen LogP contribution in [0.5, 0.6) is 0 Å². The van der Waals surface area contributed by atoms with E-state index in [4.69, 9.17) is 4.74 Å². The van der Waals surface area contributed by atoms with Crippen LogP contribution in [0.15, 0.2) is 30.3 Å². The molecule has 1 aromatic carbocycles. The Morgan fingerprint density at radius 2 is 1.89 bits per heavy atom. The van der Waals surface area contributed by atoms with Crippen LogP contribution in [0.3, 0.4) is 0 Å². The Kier molecular flexibility index (Phi) is 6.57. The highest BCUT2D eigenvalue weighted by molar-refractivity contribution is 5.73. The molecule has 0 heterocycles. The second kappa shape index (κ2) is 7.95. The average molecular weight is 263 g/mol. The van der Waals surface area contributed by atoms with Crippen molar-refractivity contribution >= 4 is 5.97 Å². The van der Waals surface area contributed by atoms with Crippen LogP contribution in [0.4, 0.5) is 0 Å². The van der Waals surface area contributed by atoms with Gasteiger partial charge < -0.3 is 10.1 Å². The van der Waals surface area contributed by atoms with Gasteiger partial charge in [0.2, 0.25) is 0 Å². The van der Waals surface area contributed by atoms with Crippen LogP contribution in [-0.2, 0) is 9.53 Å². The summed E-state index contributed by atoms with van der Waals surface area (Å²) in [6.45, 7) is 6.28. The number of benzene rings is 1. The summed E-state index contributed by atoms with van der Waals surface area (Å²) in [6.07, 6.45) is 1.79. The summed E-state index contributed by atoms with van der Waals surface area (Å²) in [5.41, 5.74) is 1.14. The number of nitrogens with one attached hydrogen (secondary N) is 1. The number of carbonyl (C=O) groups excluding carboxylic acids is 1. The standard InChI is InChI=1S/C16H25NO2/c1-5-9-14(16(18)19-4)15(17-12(2)3)13-10-7-6-8-11-13/h6-8,10-12,14-15,17H,5,9H2,1-4H3/t14-,15-/m0/s1. The van der Waals surface area contributed by atoms with Crippen molar-refractivity contribution < 1.29 is 9.53 Å². The Labute approximate surface area is 116 Å². The Morgan fingerprint density at radius 3 is 2.37 bits per heavy atom. The molecule has 0 saturated heterocycles. The van der Waals surface area contributed by atoms with Crippen LogP contribution < -0.4 is 5.32 Å². The summed E-state index contributed by atoms with van der Waals surface area (Å²) in [6, 6.07) is 10.4. The van der Waals surface area contributed by atoms with Crippen LogP contribution in [0.2, 0.25) is 0 Å². The Balaban J connectivity index is 3.02. The highest BCUT2D eigenvalue weighted by Crippen LogP contribution is 2.27. The van der Waals surface area contributed by atoms with Gasteiger partial charge in [-0.25, -0.2) is 0 Å². The lowest BCUT2D eigenvalue weighted by Gasteiger charge is -2.28. The lowest BCUT2D eigenvalue weighted by molar-refractivity contribution is -0.147. The number of hydrogen-bond donors (Lipinski definition) is 1. The summed E-state index contributed by atoms with van der Waals surface area (Å²) in [5.74, 6) is -0.274. The van der Waals surface area contributed by atoms with E-state index >= 15 is 0 Å². The molecule has 19 heavy (non-hydrogen) atoms. The molecule has 0 aliphatic rings. The lowest BCUT2D eigenvalue weighted by Crippen LogP contribution is -2.37. The van der Waals surface area contributed by atoms with Crippen molar-refractivity contribution in [1.29, 1.82) is 0 Å². The average Bonchev–Trinajstić information content (AvgIpc) is 2.42. The van der Waals surface area contributed by atoms with E-state index < -0.39 is 0 Å². The SMILES string of the molecule is CCC[C@H](C(=O)OC)[C@@H](NC(C)C)c1ccccc1. The zero-order valence-corrected chi connectivity index (χ0v) is 12.3. The van der Waals surface area contributed by atoms with Crippen LogP contribution in [0.1, 0.15) is 45.2 Å². The van der Waals surface area contributed by atoms with E-state index in [0.717, 1.165) is 18.4 Å². The minimum Gasteiger partial charge on any atom is -0.469 e. The molecule has 0 aromatic heterocycles. The van der Waals surface area contributed by atoms with Gasteiger partial charge in [-0.05, 0) is 12.0 Å². The third kappa shape index (κ3) is 4.67.